The van der Waals surface area contributed by atoms with Crippen LogP contribution in [-0.2, 0) is 12.0 Å². The summed E-state index contributed by atoms with van der Waals surface area (Å²) in [4.78, 5) is 1.07. The van der Waals surface area contributed by atoms with E-state index in [0.717, 1.165) is 4.88 Å². The van der Waals surface area contributed by atoms with E-state index in [0.29, 0.717) is 6.42 Å². The van der Waals surface area contributed by atoms with Gasteiger partial charge in [-0.3, -0.25) is 0 Å². The minimum absolute atomic E-state index is 0.665. The highest BCUT2D eigenvalue weighted by Gasteiger charge is 2.27. The molecule has 1 aromatic carbocycles. The summed E-state index contributed by atoms with van der Waals surface area (Å²) in [5.41, 5.74) is 1.62. The smallest absolute Gasteiger partial charge is 0.100 e. The first-order valence-electron chi connectivity index (χ1n) is 6.30. The SMILES string of the molecule is Cc1ccsc1C(C)(O)Cc1csc2ccccc12. The fourth-order valence-electron chi connectivity index (χ4n) is 2.55. The van der Waals surface area contributed by atoms with E-state index in [1.54, 1.807) is 22.7 Å². The monoisotopic (exact) mass is 288 g/mol. The van der Waals surface area contributed by atoms with Gasteiger partial charge in [-0.25, -0.2) is 0 Å². The number of benzene rings is 1. The van der Waals surface area contributed by atoms with Crippen LogP contribution in [0.2, 0.25) is 0 Å². The van der Waals surface area contributed by atoms with Crippen molar-refractivity contribution in [3.05, 3.63) is 57.1 Å². The molecule has 3 rings (SSSR count). The molecular formula is C16H16OS2. The zero-order valence-electron chi connectivity index (χ0n) is 11.0. The molecule has 2 aromatic heterocycles. The van der Waals surface area contributed by atoms with Crippen LogP contribution in [0.15, 0.2) is 41.1 Å². The van der Waals surface area contributed by atoms with Crippen LogP contribution < -0.4 is 0 Å². The molecule has 19 heavy (non-hydrogen) atoms. The summed E-state index contributed by atoms with van der Waals surface area (Å²) in [6, 6.07) is 10.5. The highest BCUT2D eigenvalue weighted by atomic mass is 32.1. The lowest BCUT2D eigenvalue weighted by molar-refractivity contribution is 0.0613. The average Bonchev–Trinajstić information content (AvgIpc) is 2.97. The van der Waals surface area contributed by atoms with Gasteiger partial charge >= 0.3 is 0 Å². The van der Waals surface area contributed by atoms with E-state index in [1.165, 1.54) is 21.2 Å². The summed E-state index contributed by atoms with van der Waals surface area (Å²) in [5.74, 6) is 0. The van der Waals surface area contributed by atoms with Crippen LogP contribution in [0.5, 0.6) is 0 Å². The maximum Gasteiger partial charge on any atom is 0.100 e. The standard InChI is InChI=1S/C16H16OS2/c1-11-7-8-18-15(11)16(2,17)9-12-10-19-14-6-4-3-5-13(12)14/h3-8,10,17H,9H2,1-2H3. The van der Waals surface area contributed by atoms with Crippen molar-refractivity contribution in [1.29, 1.82) is 0 Å². The molecule has 0 saturated carbocycles. The topological polar surface area (TPSA) is 20.2 Å². The van der Waals surface area contributed by atoms with Crippen molar-refractivity contribution < 1.29 is 5.11 Å². The molecule has 2 heterocycles. The van der Waals surface area contributed by atoms with Gasteiger partial charge in [0.1, 0.15) is 5.60 Å². The van der Waals surface area contributed by atoms with Crippen LogP contribution in [0.3, 0.4) is 0 Å². The van der Waals surface area contributed by atoms with Crippen molar-refractivity contribution in [3.8, 4) is 0 Å². The Labute approximate surface area is 121 Å². The molecule has 1 atom stereocenters. The molecule has 0 bridgehead atoms. The van der Waals surface area contributed by atoms with E-state index < -0.39 is 5.60 Å². The minimum Gasteiger partial charge on any atom is -0.384 e. The molecule has 1 nitrogen and oxygen atoms in total. The largest absolute Gasteiger partial charge is 0.384 e. The quantitative estimate of drug-likeness (QED) is 0.739. The van der Waals surface area contributed by atoms with Crippen LogP contribution >= 0.6 is 22.7 Å². The molecule has 98 valence electrons. The number of hydrogen-bond acceptors (Lipinski definition) is 3. The normalized spacial score (nSPS) is 14.7. The molecule has 0 saturated heterocycles. The lowest BCUT2D eigenvalue weighted by Crippen LogP contribution is -2.23. The highest BCUT2D eigenvalue weighted by Crippen LogP contribution is 2.35. The summed E-state index contributed by atoms with van der Waals surface area (Å²) in [7, 11) is 0. The Morgan fingerprint density at radius 1 is 1.16 bits per heavy atom. The second kappa shape index (κ2) is 4.75. The zero-order chi connectivity index (χ0) is 13.5. The zero-order valence-corrected chi connectivity index (χ0v) is 12.6. The molecule has 3 aromatic rings. The van der Waals surface area contributed by atoms with E-state index in [-0.39, 0.29) is 0 Å². The molecule has 1 unspecified atom stereocenters. The van der Waals surface area contributed by atoms with E-state index in [9.17, 15) is 5.11 Å². The van der Waals surface area contributed by atoms with E-state index in [1.807, 2.05) is 12.3 Å². The Bertz CT molecular complexity index is 706. The van der Waals surface area contributed by atoms with Gasteiger partial charge < -0.3 is 5.11 Å². The average molecular weight is 288 g/mol. The highest BCUT2D eigenvalue weighted by molar-refractivity contribution is 7.17. The van der Waals surface area contributed by atoms with Gasteiger partial charge in [-0.2, -0.15) is 0 Å². The Morgan fingerprint density at radius 3 is 2.68 bits per heavy atom. The molecule has 1 N–H and O–H groups in total. The van der Waals surface area contributed by atoms with Gasteiger partial charge in [0.05, 0.1) is 0 Å². The molecule has 0 amide bonds. The Hall–Kier alpha value is -1.16. The molecule has 0 radical (unpaired) electrons. The van der Waals surface area contributed by atoms with Gasteiger partial charge in [0, 0.05) is 16.0 Å². The van der Waals surface area contributed by atoms with Gasteiger partial charge in [-0.15, -0.1) is 22.7 Å². The molecule has 0 aliphatic heterocycles. The Balaban J connectivity index is 1.99. The molecular weight excluding hydrogens is 272 g/mol. The maximum atomic E-state index is 10.8. The van der Waals surface area contributed by atoms with Gasteiger partial charge in [0.2, 0.25) is 0 Å². The fraction of sp³-hybridized carbons (Fsp3) is 0.250. The summed E-state index contributed by atoms with van der Waals surface area (Å²) < 4.78 is 1.29. The van der Waals surface area contributed by atoms with Crippen molar-refractivity contribution in [2.75, 3.05) is 0 Å². The minimum atomic E-state index is -0.790. The van der Waals surface area contributed by atoms with Gasteiger partial charge in [-0.1, -0.05) is 18.2 Å². The molecule has 0 aliphatic rings. The second-order valence-electron chi connectivity index (χ2n) is 5.14. The number of hydrogen-bond donors (Lipinski definition) is 1. The van der Waals surface area contributed by atoms with Gasteiger partial charge in [0.25, 0.3) is 0 Å². The van der Waals surface area contributed by atoms with Crippen LogP contribution in [0, 0.1) is 6.92 Å². The van der Waals surface area contributed by atoms with Crippen molar-refractivity contribution >= 4 is 32.8 Å². The van der Waals surface area contributed by atoms with Crippen LogP contribution in [0.25, 0.3) is 10.1 Å². The summed E-state index contributed by atoms with van der Waals surface area (Å²) in [6.07, 6.45) is 0.665. The number of aryl methyl sites for hydroxylation is 1. The lowest BCUT2D eigenvalue weighted by atomic mass is 9.93. The fourth-order valence-corrected chi connectivity index (χ4v) is 4.50. The number of fused-ring (bicyclic) bond motifs is 1. The molecule has 0 spiro atoms. The first-order chi connectivity index (χ1) is 9.08. The summed E-state index contributed by atoms with van der Waals surface area (Å²) >= 11 is 3.39. The predicted molar refractivity (Wildman–Crippen MR) is 84.2 cm³/mol. The molecule has 0 fully saturated rings. The third kappa shape index (κ3) is 2.34. The van der Waals surface area contributed by atoms with Crippen LogP contribution in [0.1, 0.15) is 22.9 Å². The first-order valence-corrected chi connectivity index (χ1v) is 8.06. The Morgan fingerprint density at radius 2 is 1.95 bits per heavy atom. The maximum absolute atomic E-state index is 10.8. The first kappa shape index (κ1) is 12.9. The lowest BCUT2D eigenvalue weighted by Gasteiger charge is -2.23. The molecule has 0 aliphatic carbocycles. The summed E-state index contributed by atoms with van der Waals surface area (Å²) in [6.45, 7) is 3.98. The van der Waals surface area contributed by atoms with E-state index in [2.05, 4.69) is 42.6 Å². The summed E-state index contributed by atoms with van der Waals surface area (Å²) in [5, 5.41) is 16.3. The van der Waals surface area contributed by atoms with Gasteiger partial charge in [0.15, 0.2) is 0 Å². The van der Waals surface area contributed by atoms with Crippen LogP contribution in [0.4, 0.5) is 0 Å². The van der Waals surface area contributed by atoms with Crippen LogP contribution in [-0.4, -0.2) is 5.11 Å². The number of thiophene rings is 2. The third-order valence-corrected chi connectivity index (χ3v) is 5.73. The van der Waals surface area contributed by atoms with Crippen molar-refractivity contribution in [1.82, 2.24) is 0 Å². The Kier molecular flexibility index (Phi) is 3.21. The van der Waals surface area contributed by atoms with Crippen molar-refractivity contribution in [2.45, 2.75) is 25.9 Å². The van der Waals surface area contributed by atoms with E-state index >= 15 is 0 Å². The predicted octanol–water partition coefficient (Wildman–Crippen LogP) is 4.72. The van der Waals surface area contributed by atoms with E-state index in [4.69, 9.17) is 0 Å². The molecule has 3 heteroatoms. The van der Waals surface area contributed by atoms with Crippen molar-refractivity contribution in [3.63, 3.8) is 0 Å². The number of rotatable bonds is 3. The second-order valence-corrected chi connectivity index (χ2v) is 6.97. The third-order valence-electron chi connectivity index (χ3n) is 3.45. The van der Waals surface area contributed by atoms with Crippen molar-refractivity contribution in [2.24, 2.45) is 0 Å². The number of aliphatic hydroxyl groups is 1. The van der Waals surface area contributed by atoms with Gasteiger partial charge in [-0.05, 0) is 53.3 Å².